The second-order valence-electron chi connectivity index (χ2n) is 7.30. The summed E-state index contributed by atoms with van der Waals surface area (Å²) in [7, 11) is 0. The number of rotatable bonds is 4. The predicted molar refractivity (Wildman–Crippen MR) is 109 cm³/mol. The quantitative estimate of drug-likeness (QED) is 0.582. The zero-order valence-corrected chi connectivity index (χ0v) is 16.1. The van der Waals surface area contributed by atoms with Crippen LogP contribution in [0.1, 0.15) is 22.5 Å². The average Bonchev–Trinajstić information content (AvgIpc) is 3.40. The molecule has 7 heteroatoms. The molecule has 29 heavy (non-hydrogen) atoms. The second kappa shape index (κ2) is 7.18. The molecule has 7 nitrogen and oxygen atoms in total. The number of furan rings is 1. The van der Waals surface area contributed by atoms with E-state index in [4.69, 9.17) is 4.42 Å². The molecule has 0 saturated heterocycles. The van der Waals surface area contributed by atoms with Gasteiger partial charge in [-0.15, -0.1) is 0 Å². The molecule has 1 aromatic carbocycles. The average molecular weight is 387 g/mol. The van der Waals surface area contributed by atoms with Crippen LogP contribution in [0.25, 0.3) is 17.3 Å². The predicted octanol–water partition coefficient (Wildman–Crippen LogP) is 3.08. The van der Waals surface area contributed by atoms with Crippen LogP contribution in [0.3, 0.4) is 0 Å². The lowest BCUT2D eigenvalue weighted by Gasteiger charge is -2.27. The SMILES string of the molecule is Cc1nn(-c2ccccc2)cc1CN1CCc2nc(-c3ccco3)[nH]c(=O)c2C1. The Kier molecular flexibility index (Phi) is 4.37. The van der Waals surface area contributed by atoms with Crippen LogP contribution in [0.2, 0.25) is 0 Å². The van der Waals surface area contributed by atoms with Crippen LogP contribution in [-0.4, -0.2) is 31.2 Å². The van der Waals surface area contributed by atoms with Gasteiger partial charge in [-0.3, -0.25) is 9.69 Å². The minimum atomic E-state index is -0.0946. The number of aryl methyl sites for hydroxylation is 1. The summed E-state index contributed by atoms with van der Waals surface area (Å²) >= 11 is 0. The lowest BCUT2D eigenvalue weighted by molar-refractivity contribution is 0.241. The Labute approximate surface area is 167 Å². The fourth-order valence-electron chi connectivity index (χ4n) is 3.75. The first-order valence-corrected chi connectivity index (χ1v) is 9.66. The highest BCUT2D eigenvalue weighted by Crippen LogP contribution is 2.21. The molecule has 0 radical (unpaired) electrons. The number of hydrogen-bond donors (Lipinski definition) is 1. The van der Waals surface area contributed by atoms with Crippen molar-refractivity contribution in [3.8, 4) is 17.3 Å². The number of benzene rings is 1. The van der Waals surface area contributed by atoms with E-state index in [1.165, 1.54) is 0 Å². The molecular weight excluding hydrogens is 366 g/mol. The van der Waals surface area contributed by atoms with Crippen molar-refractivity contribution in [3.05, 3.63) is 87.8 Å². The number of nitrogens with one attached hydrogen (secondary N) is 1. The largest absolute Gasteiger partial charge is 0.461 e. The van der Waals surface area contributed by atoms with E-state index in [1.54, 1.807) is 18.4 Å². The molecule has 146 valence electrons. The Morgan fingerprint density at radius 3 is 2.83 bits per heavy atom. The number of H-pyrrole nitrogens is 1. The van der Waals surface area contributed by atoms with Gasteiger partial charge >= 0.3 is 0 Å². The fraction of sp³-hybridized carbons (Fsp3) is 0.227. The van der Waals surface area contributed by atoms with Gasteiger partial charge in [-0.05, 0) is 31.2 Å². The zero-order valence-electron chi connectivity index (χ0n) is 16.1. The molecular formula is C22H21N5O2. The molecule has 1 N–H and O–H groups in total. The maximum Gasteiger partial charge on any atom is 0.256 e. The monoisotopic (exact) mass is 387 g/mol. The summed E-state index contributed by atoms with van der Waals surface area (Å²) in [5.74, 6) is 1.07. The Morgan fingerprint density at radius 2 is 2.03 bits per heavy atom. The van der Waals surface area contributed by atoms with E-state index < -0.39 is 0 Å². The highest BCUT2D eigenvalue weighted by atomic mass is 16.3. The van der Waals surface area contributed by atoms with E-state index in [-0.39, 0.29) is 5.56 Å². The zero-order chi connectivity index (χ0) is 19.8. The van der Waals surface area contributed by atoms with Gasteiger partial charge < -0.3 is 9.40 Å². The molecule has 1 aliphatic rings. The molecule has 1 aliphatic heterocycles. The van der Waals surface area contributed by atoms with Crippen molar-refractivity contribution in [3.63, 3.8) is 0 Å². The van der Waals surface area contributed by atoms with Crippen LogP contribution in [-0.2, 0) is 19.5 Å². The summed E-state index contributed by atoms with van der Waals surface area (Å²) in [6.07, 6.45) is 4.38. The van der Waals surface area contributed by atoms with Crippen molar-refractivity contribution in [2.24, 2.45) is 0 Å². The van der Waals surface area contributed by atoms with Gasteiger partial charge in [0.05, 0.1) is 28.9 Å². The summed E-state index contributed by atoms with van der Waals surface area (Å²) in [5.41, 5.74) is 4.70. The molecule has 0 amide bonds. The number of aromatic nitrogens is 4. The van der Waals surface area contributed by atoms with E-state index in [0.29, 0.717) is 18.1 Å². The molecule has 0 unspecified atom stereocenters. The van der Waals surface area contributed by atoms with Gasteiger partial charge in [-0.1, -0.05) is 18.2 Å². The van der Waals surface area contributed by atoms with Gasteiger partial charge in [0.1, 0.15) is 0 Å². The highest BCUT2D eigenvalue weighted by Gasteiger charge is 2.23. The van der Waals surface area contributed by atoms with Gasteiger partial charge in [-0.25, -0.2) is 9.67 Å². The minimum Gasteiger partial charge on any atom is -0.461 e. The first kappa shape index (κ1) is 17.6. The molecule has 4 heterocycles. The van der Waals surface area contributed by atoms with Gasteiger partial charge in [0.2, 0.25) is 0 Å². The van der Waals surface area contributed by atoms with E-state index in [1.807, 2.05) is 41.9 Å². The van der Waals surface area contributed by atoms with Crippen molar-refractivity contribution in [1.82, 2.24) is 24.6 Å². The number of nitrogens with zero attached hydrogens (tertiary/aromatic N) is 4. The summed E-state index contributed by atoms with van der Waals surface area (Å²) < 4.78 is 7.27. The molecule has 0 saturated carbocycles. The van der Waals surface area contributed by atoms with E-state index in [0.717, 1.165) is 47.7 Å². The lowest BCUT2D eigenvalue weighted by atomic mass is 10.1. The number of aromatic amines is 1. The third kappa shape index (κ3) is 3.40. The molecule has 5 rings (SSSR count). The maximum absolute atomic E-state index is 12.7. The molecule has 0 aliphatic carbocycles. The first-order valence-electron chi connectivity index (χ1n) is 9.66. The van der Waals surface area contributed by atoms with Crippen molar-refractivity contribution < 1.29 is 4.42 Å². The summed E-state index contributed by atoms with van der Waals surface area (Å²) in [4.78, 5) is 22.4. The van der Waals surface area contributed by atoms with Crippen molar-refractivity contribution in [2.75, 3.05) is 6.54 Å². The topological polar surface area (TPSA) is 80.0 Å². The van der Waals surface area contributed by atoms with Crippen molar-refractivity contribution in [2.45, 2.75) is 26.4 Å². The normalized spacial score (nSPS) is 14.1. The lowest BCUT2D eigenvalue weighted by Crippen LogP contribution is -2.35. The second-order valence-corrected chi connectivity index (χ2v) is 7.30. The van der Waals surface area contributed by atoms with E-state index in [9.17, 15) is 4.79 Å². The van der Waals surface area contributed by atoms with E-state index >= 15 is 0 Å². The third-order valence-electron chi connectivity index (χ3n) is 5.32. The Bertz CT molecular complexity index is 1190. The van der Waals surface area contributed by atoms with Gasteiger partial charge in [0.25, 0.3) is 5.56 Å². The standard InChI is InChI=1S/C22H21N5O2/c1-15-16(13-27(25-15)17-6-3-2-4-7-17)12-26-10-9-19-18(14-26)22(28)24-21(23-19)20-8-5-11-29-20/h2-8,11,13H,9-10,12,14H2,1H3,(H,23,24,28). The van der Waals surface area contributed by atoms with Crippen LogP contribution in [0.4, 0.5) is 0 Å². The van der Waals surface area contributed by atoms with Gasteiger partial charge in [0, 0.05) is 37.8 Å². The van der Waals surface area contributed by atoms with Gasteiger partial charge in [0.15, 0.2) is 11.6 Å². The fourth-order valence-corrected chi connectivity index (χ4v) is 3.75. The number of para-hydroxylation sites is 1. The smallest absolute Gasteiger partial charge is 0.256 e. The summed E-state index contributed by atoms with van der Waals surface area (Å²) in [5, 5.41) is 4.65. The highest BCUT2D eigenvalue weighted by molar-refractivity contribution is 5.47. The molecule has 0 fully saturated rings. The van der Waals surface area contributed by atoms with Crippen molar-refractivity contribution >= 4 is 0 Å². The minimum absolute atomic E-state index is 0.0946. The maximum atomic E-state index is 12.7. The van der Waals surface area contributed by atoms with Crippen LogP contribution in [0.5, 0.6) is 0 Å². The van der Waals surface area contributed by atoms with Crippen LogP contribution in [0, 0.1) is 6.92 Å². The number of hydrogen-bond acceptors (Lipinski definition) is 5. The Hall–Kier alpha value is -3.45. The number of fused-ring (bicyclic) bond motifs is 1. The van der Waals surface area contributed by atoms with E-state index in [2.05, 4.69) is 26.2 Å². The summed E-state index contributed by atoms with van der Waals surface area (Å²) in [6, 6.07) is 13.7. The van der Waals surface area contributed by atoms with Crippen LogP contribution < -0.4 is 5.56 Å². The molecule has 0 spiro atoms. The van der Waals surface area contributed by atoms with Crippen molar-refractivity contribution in [1.29, 1.82) is 0 Å². The Balaban J connectivity index is 1.37. The molecule has 3 aromatic heterocycles. The third-order valence-corrected chi connectivity index (χ3v) is 5.32. The molecule has 0 atom stereocenters. The molecule has 0 bridgehead atoms. The molecule has 4 aromatic rings. The van der Waals surface area contributed by atoms with Crippen LogP contribution >= 0.6 is 0 Å². The van der Waals surface area contributed by atoms with Gasteiger partial charge in [-0.2, -0.15) is 5.10 Å². The Morgan fingerprint density at radius 1 is 1.17 bits per heavy atom. The first-order chi connectivity index (χ1) is 14.2. The van der Waals surface area contributed by atoms with Crippen LogP contribution in [0.15, 0.2) is 64.1 Å². The summed E-state index contributed by atoms with van der Waals surface area (Å²) in [6.45, 7) is 4.19.